The van der Waals surface area contributed by atoms with Gasteiger partial charge in [-0.05, 0) is 36.1 Å². The third kappa shape index (κ3) is 1.88. The number of hydrogen-bond donors (Lipinski definition) is 2. The van der Waals surface area contributed by atoms with Crippen LogP contribution in [-0.4, -0.2) is 0 Å². The van der Waals surface area contributed by atoms with Crippen molar-refractivity contribution >= 4 is 11.4 Å². The van der Waals surface area contributed by atoms with Crippen molar-refractivity contribution in [3.63, 3.8) is 0 Å². The minimum Gasteiger partial charge on any atom is -0.398 e. The van der Waals surface area contributed by atoms with Crippen molar-refractivity contribution in [2.75, 3.05) is 11.5 Å². The van der Waals surface area contributed by atoms with Crippen LogP contribution in [0, 0.1) is 0 Å². The van der Waals surface area contributed by atoms with Gasteiger partial charge in [-0.3, -0.25) is 0 Å². The summed E-state index contributed by atoms with van der Waals surface area (Å²) >= 11 is 0. The summed E-state index contributed by atoms with van der Waals surface area (Å²) in [6, 6.07) is 16.4. The molecule has 4 N–H and O–H groups in total. The highest BCUT2D eigenvalue weighted by Crippen LogP contribution is 2.49. The molecule has 2 aromatic carbocycles. The third-order valence-corrected chi connectivity index (χ3v) is 4.41. The summed E-state index contributed by atoms with van der Waals surface area (Å²) in [7, 11) is 0. The average molecular weight is 252 g/mol. The molecule has 2 aromatic rings. The molecule has 19 heavy (non-hydrogen) atoms. The van der Waals surface area contributed by atoms with E-state index in [9.17, 15) is 0 Å². The van der Waals surface area contributed by atoms with Crippen LogP contribution in [0.1, 0.15) is 36.8 Å². The highest BCUT2D eigenvalue weighted by Gasteiger charge is 2.39. The molecule has 2 nitrogen and oxygen atoms in total. The molecular weight excluding hydrogens is 232 g/mol. The fraction of sp³-hybridized carbons (Fsp3) is 0.294. The van der Waals surface area contributed by atoms with E-state index in [0.29, 0.717) is 0 Å². The second-order valence-electron chi connectivity index (χ2n) is 5.46. The van der Waals surface area contributed by atoms with Crippen molar-refractivity contribution < 1.29 is 0 Å². The third-order valence-electron chi connectivity index (χ3n) is 4.41. The number of benzene rings is 2. The molecule has 0 unspecified atom stereocenters. The maximum atomic E-state index is 6.23. The monoisotopic (exact) mass is 252 g/mol. The maximum Gasteiger partial charge on any atom is 0.0355 e. The fourth-order valence-electron chi connectivity index (χ4n) is 3.53. The van der Waals surface area contributed by atoms with Gasteiger partial charge in [0.25, 0.3) is 0 Å². The molecule has 1 aliphatic rings. The molecule has 2 heteroatoms. The lowest BCUT2D eigenvalue weighted by Gasteiger charge is -2.32. The molecule has 0 radical (unpaired) electrons. The van der Waals surface area contributed by atoms with Gasteiger partial charge in [0.05, 0.1) is 0 Å². The predicted molar refractivity (Wildman–Crippen MR) is 81.0 cm³/mol. The number of nitrogens with two attached hydrogens (primary N) is 2. The average Bonchev–Trinajstić information content (AvgIpc) is 2.90. The van der Waals surface area contributed by atoms with E-state index in [-0.39, 0.29) is 5.41 Å². The van der Waals surface area contributed by atoms with Gasteiger partial charge in [-0.25, -0.2) is 0 Å². The molecule has 0 amide bonds. The molecular formula is C17H20N2. The molecule has 0 aliphatic heterocycles. The number of para-hydroxylation sites is 2. The first-order valence-corrected chi connectivity index (χ1v) is 6.94. The first-order chi connectivity index (χ1) is 9.24. The lowest BCUT2D eigenvalue weighted by atomic mass is 9.72. The Hall–Kier alpha value is -1.96. The van der Waals surface area contributed by atoms with Crippen LogP contribution in [-0.2, 0) is 5.41 Å². The van der Waals surface area contributed by atoms with Crippen molar-refractivity contribution in [3.8, 4) is 0 Å². The van der Waals surface area contributed by atoms with Gasteiger partial charge in [0, 0.05) is 16.8 Å². The van der Waals surface area contributed by atoms with Crippen LogP contribution >= 0.6 is 0 Å². The van der Waals surface area contributed by atoms with Crippen molar-refractivity contribution in [2.24, 2.45) is 0 Å². The number of nitrogen functional groups attached to an aromatic ring is 2. The normalized spacial score (nSPS) is 17.5. The minimum absolute atomic E-state index is 0.0106. The summed E-state index contributed by atoms with van der Waals surface area (Å²) in [5.41, 5.74) is 16.7. The maximum absolute atomic E-state index is 6.23. The SMILES string of the molecule is Nc1ccccc1C1(c2ccccc2N)CCCC1. The van der Waals surface area contributed by atoms with Gasteiger partial charge < -0.3 is 11.5 Å². The molecule has 1 fully saturated rings. The Bertz CT molecular complexity index is 536. The van der Waals surface area contributed by atoms with Gasteiger partial charge in [-0.15, -0.1) is 0 Å². The van der Waals surface area contributed by atoms with E-state index in [4.69, 9.17) is 11.5 Å². The topological polar surface area (TPSA) is 52.0 Å². The molecule has 0 aromatic heterocycles. The van der Waals surface area contributed by atoms with Crippen LogP contribution in [0.4, 0.5) is 11.4 Å². The van der Waals surface area contributed by atoms with Gasteiger partial charge in [0.15, 0.2) is 0 Å². The largest absolute Gasteiger partial charge is 0.398 e. The predicted octanol–water partition coefficient (Wildman–Crippen LogP) is 3.71. The number of rotatable bonds is 2. The highest BCUT2D eigenvalue weighted by atomic mass is 14.6. The van der Waals surface area contributed by atoms with Crippen LogP contribution in [0.3, 0.4) is 0 Å². The van der Waals surface area contributed by atoms with Crippen molar-refractivity contribution in [1.82, 2.24) is 0 Å². The summed E-state index contributed by atoms with van der Waals surface area (Å²) in [5, 5.41) is 0. The number of anilines is 2. The summed E-state index contributed by atoms with van der Waals surface area (Å²) in [5.74, 6) is 0. The molecule has 98 valence electrons. The van der Waals surface area contributed by atoms with Crippen molar-refractivity contribution in [1.29, 1.82) is 0 Å². The Morgan fingerprint density at radius 3 is 1.53 bits per heavy atom. The van der Waals surface area contributed by atoms with Gasteiger partial charge in [0.1, 0.15) is 0 Å². The standard InChI is InChI=1S/C17H20N2/c18-15-9-3-1-7-13(15)17(11-5-6-12-17)14-8-2-4-10-16(14)19/h1-4,7-10H,5-6,11-12,18-19H2. The zero-order valence-electron chi connectivity index (χ0n) is 11.1. The van der Waals surface area contributed by atoms with Crippen LogP contribution in [0.2, 0.25) is 0 Å². The Balaban J connectivity index is 2.21. The summed E-state index contributed by atoms with van der Waals surface area (Å²) < 4.78 is 0. The van der Waals surface area contributed by atoms with E-state index >= 15 is 0 Å². The lowest BCUT2D eigenvalue weighted by molar-refractivity contribution is 0.539. The lowest BCUT2D eigenvalue weighted by Crippen LogP contribution is -2.26. The second kappa shape index (κ2) is 4.61. The highest BCUT2D eigenvalue weighted by molar-refractivity contribution is 5.61. The molecule has 1 aliphatic carbocycles. The van der Waals surface area contributed by atoms with Gasteiger partial charge >= 0.3 is 0 Å². The molecule has 0 bridgehead atoms. The molecule has 0 spiro atoms. The zero-order valence-corrected chi connectivity index (χ0v) is 11.1. The Kier molecular flexibility index (Phi) is 2.94. The Morgan fingerprint density at radius 2 is 1.11 bits per heavy atom. The number of hydrogen-bond acceptors (Lipinski definition) is 2. The van der Waals surface area contributed by atoms with Crippen molar-refractivity contribution in [3.05, 3.63) is 59.7 Å². The van der Waals surface area contributed by atoms with E-state index in [2.05, 4.69) is 24.3 Å². The Morgan fingerprint density at radius 1 is 0.684 bits per heavy atom. The molecule has 0 heterocycles. The van der Waals surface area contributed by atoms with E-state index < -0.39 is 0 Å². The summed E-state index contributed by atoms with van der Waals surface area (Å²) in [6.45, 7) is 0. The van der Waals surface area contributed by atoms with Crippen LogP contribution in [0.5, 0.6) is 0 Å². The van der Waals surface area contributed by atoms with Gasteiger partial charge in [-0.2, -0.15) is 0 Å². The Labute approximate surface area is 114 Å². The molecule has 3 rings (SSSR count). The van der Waals surface area contributed by atoms with Crippen LogP contribution in [0.25, 0.3) is 0 Å². The second-order valence-corrected chi connectivity index (χ2v) is 5.46. The first-order valence-electron chi connectivity index (χ1n) is 6.94. The molecule has 0 saturated heterocycles. The van der Waals surface area contributed by atoms with E-state index in [1.807, 2.05) is 24.3 Å². The van der Waals surface area contributed by atoms with Crippen molar-refractivity contribution in [2.45, 2.75) is 31.1 Å². The van der Waals surface area contributed by atoms with Gasteiger partial charge in [-0.1, -0.05) is 49.2 Å². The first kappa shape index (κ1) is 12.1. The van der Waals surface area contributed by atoms with E-state index in [1.54, 1.807) is 0 Å². The molecule has 0 atom stereocenters. The van der Waals surface area contributed by atoms with Gasteiger partial charge in [0.2, 0.25) is 0 Å². The van der Waals surface area contributed by atoms with E-state index in [0.717, 1.165) is 24.2 Å². The quantitative estimate of drug-likeness (QED) is 0.800. The summed E-state index contributed by atoms with van der Waals surface area (Å²) in [4.78, 5) is 0. The van der Waals surface area contributed by atoms with Crippen LogP contribution < -0.4 is 11.5 Å². The smallest absolute Gasteiger partial charge is 0.0355 e. The van der Waals surface area contributed by atoms with E-state index in [1.165, 1.54) is 24.0 Å². The zero-order chi connectivity index (χ0) is 13.3. The fourth-order valence-corrected chi connectivity index (χ4v) is 3.53. The molecule has 1 saturated carbocycles. The van der Waals surface area contributed by atoms with Crippen LogP contribution in [0.15, 0.2) is 48.5 Å². The summed E-state index contributed by atoms with van der Waals surface area (Å²) in [6.07, 6.45) is 4.75. The minimum atomic E-state index is 0.0106.